The molecule has 2 aromatic rings. The number of alkyl carbamates (subject to hydrolysis) is 1. The van der Waals surface area contributed by atoms with Crippen LogP contribution < -0.4 is 10.1 Å². The molecular formula is C31H42N2O4. The van der Waals surface area contributed by atoms with Crippen LogP contribution in [0.25, 0.3) is 0 Å². The average Bonchev–Trinajstić information content (AvgIpc) is 3.15. The fourth-order valence-electron chi connectivity index (χ4n) is 4.70. The highest BCUT2D eigenvalue weighted by Gasteiger charge is 2.38. The molecule has 6 heteroatoms. The highest BCUT2D eigenvalue weighted by Crippen LogP contribution is 2.29. The number of allylic oxidation sites excluding steroid dienone is 1. The minimum absolute atomic E-state index is 0.00775. The molecule has 0 aliphatic carbocycles. The standard InChI is InChI=1S/C31H42N2O4/c1-5-12-26-22-27(33(29(26)34)20-11-17-24-13-7-6-8-14-24)23-36-28-18-9-15-25(21-28)16-10-19-32-30(35)37-31(2,3)4/h5-9,13-15,18,21,26-27H,1,10-12,16-17,19-20,22-23H2,2-4H3,(H,32,35)/t26-,27+/m1/s1. The maximum Gasteiger partial charge on any atom is 0.407 e. The largest absolute Gasteiger partial charge is 0.491 e. The summed E-state index contributed by atoms with van der Waals surface area (Å²) in [7, 11) is 0. The van der Waals surface area contributed by atoms with E-state index >= 15 is 0 Å². The van der Waals surface area contributed by atoms with Crippen LogP contribution in [0.15, 0.2) is 67.3 Å². The van der Waals surface area contributed by atoms with Gasteiger partial charge >= 0.3 is 6.09 Å². The molecule has 0 aromatic heterocycles. The van der Waals surface area contributed by atoms with Gasteiger partial charge in [-0.25, -0.2) is 4.79 Å². The van der Waals surface area contributed by atoms with Crippen molar-refractivity contribution in [2.24, 2.45) is 5.92 Å². The van der Waals surface area contributed by atoms with E-state index in [0.717, 1.165) is 50.0 Å². The number of nitrogens with one attached hydrogen (secondary N) is 1. The highest BCUT2D eigenvalue weighted by atomic mass is 16.6. The van der Waals surface area contributed by atoms with Crippen LogP contribution in [0.4, 0.5) is 4.79 Å². The number of hydrogen-bond donors (Lipinski definition) is 1. The van der Waals surface area contributed by atoms with Gasteiger partial charge < -0.3 is 19.7 Å². The number of rotatable bonds is 13. The second-order valence-corrected chi connectivity index (χ2v) is 10.7. The molecule has 1 aliphatic rings. The summed E-state index contributed by atoms with van der Waals surface area (Å²) < 4.78 is 11.5. The Labute approximate surface area is 222 Å². The van der Waals surface area contributed by atoms with Gasteiger partial charge in [0.15, 0.2) is 0 Å². The van der Waals surface area contributed by atoms with Crippen LogP contribution in [0.3, 0.4) is 0 Å². The Kier molecular flexibility index (Phi) is 10.6. The Balaban J connectivity index is 1.49. The van der Waals surface area contributed by atoms with Crippen LogP contribution in [0.2, 0.25) is 0 Å². The van der Waals surface area contributed by atoms with E-state index in [1.165, 1.54) is 5.56 Å². The molecule has 2 aromatic carbocycles. The minimum atomic E-state index is -0.497. The lowest BCUT2D eigenvalue weighted by molar-refractivity contribution is -0.132. The first kappa shape index (κ1) is 28.3. The molecule has 0 saturated carbocycles. The first-order valence-corrected chi connectivity index (χ1v) is 13.4. The van der Waals surface area contributed by atoms with E-state index in [1.807, 2.05) is 56.0 Å². The third kappa shape index (κ3) is 9.60. The van der Waals surface area contributed by atoms with Gasteiger partial charge in [0.25, 0.3) is 0 Å². The van der Waals surface area contributed by atoms with Gasteiger partial charge in [0.2, 0.25) is 5.91 Å². The zero-order valence-corrected chi connectivity index (χ0v) is 22.6. The van der Waals surface area contributed by atoms with Crippen LogP contribution in [0.1, 0.15) is 57.6 Å². The number of amides is 2. The maximum absolute atomic E-state index is 13.1. The minimum Gasteiger partial charge on any atom is -0.491 e. The maximum atomic E-state index is 13.1. The first-order valence-electron chi connectivity index (χ1n) is 13.4. The van der Waals surface area contributed by atoms with Crippen molar-refractivity contribution in [3.63, 3.8) is 0 Å². The van der Waals surface area contributed by atoms with Gasteiger partial charge in [-0.3, -0.25) is 4.79 Å². The second kappa shape index (κ2) is 13.9. The summed E-state index contributed by atoms with van der Waals surface area (Å²) in [5, 5.41) is 2.80. The highest BCUT2D eigenvalue weighted by molar-refractivity contribution is 5.81. The summed E-state index contributed by atoms with van der Waals surface area (Å²) in [6, 6.07) is 18.5. The number of likely N-dealkylation sites (tertiary alicyclic amines) is 1. The molecule has 0 unspecified atom stereocenters. The molecule has 0 bridgehead atoms. The number of benzene rings is 2. The van der Waals surface area contributed by atoms with E-state index in [0.29, 0.717) is 19.6 Å². The molecule has 0 spiro atoms. The van der Waals surface area contributed by atoms with Crippen LogP contribution >= 0.6 is 0 Å². The second-order valence-electron chi connectivity index (χ2n) is 10.7. The third-order valence-corrected chi connectivity index (χ3v) is 6.44. The van der Waals surface area contributed by atoms with E-state index in [-0.39, 0.29) is 17.9 Å². The van der Waals surface area contributed by atoms with Gasteiger partial charge in [-0.05, 0) is 82.6 Å². The summed E-state index contributed by atoms with van der Waals surface area (Å²) >= 11 is 0. The molecule has 37 heavy (non-hydrogen) atoms. The molecule has 6 nitrogen and oxygen atoms in total. The fourth-order valence-corrected chi connectivity index (χ4v) is 4.70. The Morgan fingerprint density at radius 2 is 1.81 bits per heavy atom. The fraction of sp³-hybridized carbons (Fsp3) is 0.484. The molecule has 2 atom stereocenters. The summed E-state index contributed by atoms with van der Waals surface area (Å²) in [6.07, 6.45) is 6.46. The molecular weight excluding hydrogens is 464 g/mol. The Morgan fingerprint density at radius 1 is 1.08 bits per heavy atom. The van der Waals surface area contributed by atoms with Crippen molar-refractivity contribution in [2.75, 3.05) is 19.7 Å². The Morgan fingerprint density at radius 3 is 2.54 bits per heavy atom. The van der Waals surface area contributed by atoms with Crippen molar-refractivity contribution in [1.82, 2.24) is 10.2 Å². The zero-order valence-electron chi connectivity index (χ0n) is 22.6. The molecule has 1 N–H and O–H groups in total. The van der Waals surface area contributed by atoms with Crippen LogP contribution in [-0.2, 0) is 22.4 Å². The summed E-state index contributed by atoms with van der Waals surface area (Å²) in [5.74, 6) is 1.01. The van der Waals surface area contributed by atoms with Gasteiger partial charge in [-0.1, -0.05) is 48.5 Å². The van der Waals surface area contributed by atoms with Crippen LogP contribution in [0, 0.1) is 5.92 Å². The van der Waals surface area contributed by atoms with E-state index in [1.54, 1.807) is 0 Å². The quantitative estimate of drug-likeness (QED) is 0.269. The molecule has 1 heterocycles. The van der Waals surface area contributed by atoms with Crippen LogP contribution in [0.5, 0.6) is 5.75 Å². The molecule has 200 valence electrons. The lowest BCUT2D eigenvalue weighted by Crippen LogP contribution is -2.38. The lowest BCUT2D eigenvalue weighted by atomic mass is 10.0. The normalized spacial score (nSPS) is 17.5. The van der Waals surface area contributed by atoms with Crippen LogP contribution in [-0.4, -0.2) is 48.2 Å². The number of carbonyl (C=O) groups is 2. The zero-order chi connectivity index (χ0) is 26.7. The number of ether oxygens (including phenoxy) is 2. The lowest BCUT2D eigenvalue weighted by Gasteiger charge is -2.25. The van der Waals surface area contributed by atoms with Crippen molar-refractivity contribution in [2.45, 2.75) is 70.9 Å². The van der Waals surface area contributed by atoms with Gasteiger partial charge in [0.05, 0.1) is 6.04 Å². The molecule has 2 amide bonds. The van der Waals surface area contributed by atoms with Gasteiger partial charge in [0.1, 0.15) is 18.0 Å². The first-order chi connectivity index (χ1) is 17.7. The number of aryl methyl sites for hydroxylation is 2. The van der Waals surface area contributed by atoms with Crippen molar-refractivity contribution in [3.05, 3.63) is 78.4 Å². The molecule has 1 fully saturated rings. The predicted molar refractivity (Wildman–Crippen MR) is 148 cm³/mol. The SMILES string of the molecule is C=CC[C@@H]1C[C@@H](COc2cccc(CCCNC(=O)OC(C)(C)C)c2)N(CCCc2ccccc2)C1=O. The van der Waals surface area contributed by atoms with Crippen molar-refractivity contribution >= 4 is 12.0 Å². The Hall–Kier alpha value is -3.28. The molecule has 1 aliphatic heterocycles. The van der Waals surface area contributed by atoms with Gasteiger partial charge in [-0.2, -0.15) is 0 Å². The number of hydrogen-bond acceptors (Lipinski definition) is 4. The van der Waals surface area contributed by atoms with Crippen molar-refractivity contribution in [3.8, 4) is 5.75 Å². The van der Waals surface area contributed by atoms with Crippen molar-refractivity contribution < 1.29 is 19.1 Å². The van der Waals surface area contributed by atoms with E-state index in [4.69, 9.17) is 9.47 Å². The summed E-state index contributed by atoms with van der Waals surface area (Å²) in [4.78, 5) is 26.9. The molecule has 1 saturated heterocycles. The molecule has 0 radical (unpaired) electrons. The average molecular weight is 507 g/mol. The van der Waals surface area contributed by atoms with E-state index in [9.17, 15) is 9.59 Å². The third-order valence-electron chi connectivity index (χ3n) is 6.44. The number of carbonyl (C=O) groups excluding carboxylic acids is 2. The number of nitrogens with zero attached hydrogens (tertiary/aromatic N) is 1. The topological polar surface area (TPSA) is 67.9 Å². The van der Waals surface area contributed by atoms with Gasteiger partial charge in [0, 0.05) is 19.0 Å². The van der Waals surface area contributed by atoms with E-state index in [2.05, 4.69) is 42.2 Å². The predicted octanol–water partition coefficient (Wildman–Crippen LogP) is 5.95. The smallest absolute Gasteiger partial charge is 0.407 e. The Bertz CT molecular complexity index is 1020. The summed E-state index contributed by atoms with van der Waals surface area (Å²) in [5.41, 5.74) is 1.95. The van der Waals surface area contributed by atoms with E-state index < -0.39 is 11.7 Å². The van der Waals surface area contributed by atoms with Gasteiger partial charge in [-0.15, -0.1) is 6.58 Å². The molecule has 3 rings (SSSR count). The summed E-state index contributed by atoms with van der Waals surface area (Å²) in [6.45, 7) is 11.2. The monoisotopic (exact) mass is 506 g/mol. The van der Waals surface area contributed by atoms with Crippen molar-refractivity contribution in [1.29, 1.82) is 0 Å².